The predicted molar refractivity (Wildman–Crippen MR) is 56.6 cm³/mol. The van der Waals surface area contributed by atoms with Gasteiger partial charge in [-0.15, -0.1) is 0 Å². The molecule has 0 unspecified atom stereocenters. The van der Waals surface area contributed by atoms with Crippen LogP contribution in [0, 0.1) is 0 Å². The second-order valence-corrected chi connectivity index (χ2v) is 4.49. The third-order valence-corrected chi connectivity index (χ3v) is 3.39. The second-order valence-electron chi connectivity index (χ2n) is 2.58. The molecule has 2 aromatic rings. The Morgan fingerprint density at radius 2 is 2.23 bits per heavy atom. The molecule has 0 saturated carbocycles. The number of aldehydes is 1. The van der Waals surface area contributed by atoms with Gasteiger partial charge in [0, 0.05) is 26.2 Å². The number of rotatable bonds is 1. The van der Waals surface area contributed by atoms with Crippen LogP contribution in [0.15, 0.2) is 22.7 Å². The van der Waals surface area contributed by atoms with E-state index in [4.69, 9.17) is 0 Å². The highest BCUT2D eigenvalue weighted by Crippen LogP contribution is 2.34. The molecule has 0 aliphatic heterocycles. The Labute approximate surface area is 86.9 Å². The molecule has 0 spiro atoms. The van der Waals surface area contributed by atoms with Crippen LogP contribution in [0.4, 0.5) is 0 Å². The van der Waals surface area contributed by atoms with Crippen LogP contribution < -0.4 is 0 Å². The van der Waals surface area contributed by atoms with E-state index in [0.29, 0.717) is 5.56 Å². The molecule has 1 aromatic heterocycles. The van der Waals surface area contributed by atoms with Gasteiger partial charge in [-0.1, -0.05) is 27.3 Å². The molecule has 0 aliphatic rings. The van der Waals surface area contributed by atoms with E-state index in [2.05, 4.69) is 15.9 Å². The Kier molecular flexibility index (Phi) is 2.09. The highest BCUT2D eigenvalue weighted by molar-refractivity contribution is 9.10. The van der Waals surface area contributed by atoms with Gasteiger partial charge in [-0.2, -0.15) is 0 Å². The number of halogens is 1. The lowest BCUT2D eigenvalue weighted by atomic mass is 10.1. The van der Waals surface area contributed by atoms with Crippen molar-refractivity contribution in [2.24, 2.45) is 0 Å². The normalized spacial score (nSPS) is 10.5. The third kappa shape index (κ3) is 1.36. The van der Waals surface area contributed by atoms with Gasteiger partial charge >= 0.3 is 0 Å². The van der Waals surface area contributed by atoms with E-state index in [1.807, 2.05) is 12.1 Å². The zero-order valence-corrected chi connectivity index (χ0v) is 8.85. The summed E-state index contributed by atoms with van der Waals surface area (Å²) in [6, 6.07) is 5.29. The van der Waals surface area contributed by atoms with Crippen molar-refractivity contribution in [2.45, 2.75) is 0 Å². The monoisotopic (exact) mass is 256 g/mol. The maximum absolute atomic E-state index is 10.7. The van der Waals surface area contributed by atoms with E-state index < -0.39 is 0 Å². The summed E-state index contributed by atoms with van der Waals surface area (Å²) in [6.45, 7) is 0. The molecule has 1 aromatic carbocycles. The van der Waals surface area contributed by atoms with Gasteiger partial charge in [-0.05, 0) is 12.1 Å². The number of carbonyl (C=O) groups excluding carboxylic acids is 1. The molecule has 0 amide bonds. The summed E-state index contributed by atoms with van der Waals surface area (Å²) in [7, 11) is 0. The van der Waals surface area contributed by atoms with Crippen LogP contribution in [0.25, 0.3) is 10.1 Å². The van der Waals surface area contributed by atoms with Gasteiger partial charge in [0.25, 0.3) is 0 Å². The molecule has 0 radical (unpaired) electrons. The summed E-state index contributed by atoms with van der Waals surface area (Å²) < 4.78 is 1.68. The van der Waals surface area contributed by atoms with E-state index in [-0.39, 0.29) is 5.06 Å². The average molecular weight is 257 g/mol. The highest BCUT2D eigenvalue weighted by atomic mass is 79.9. The summed E-state index contributed by atoms with van der Waals surface area (Å²) in [5.41, 5.74) is 0.592. The van der Waals surface area contributed by atoms with E-state index in [0.717, 1.165) is 20.8 Å². The Hall–Kier alpha value is -0.870. The first-order valence-electron chi connectivity index (χ1n) is 3.58. The SMILES string of the molecule is O=Cc1c(Br)ccc2sc(O)cc12. The molecule has 0 atom stereocenters. The van der Waals surface area contributed by atoms with E-state index in [9.17, 15) is 9.90 Å². The summed E-state index contributed by atoms with van der Waals surface area (Å²) >= 11 is 4.54. The maximum atomic E-state index is 10.7. The van der Waals surface area contributed by atoms with Crippen molar-refractivity contribution < 1.29 is 9.90 Å². The molecule has 1 N–H and O–H groups in total. The van der Waals surface area contributed by atoms with Crippen LogP contribution in [0.2, 0.25) is 0 Å². The van der Waals surface area contributed by atoms with Crippen LogP contribution in [0.3, 0.4) is 0 Å². The summed E-state index contributed by atoms with van der Waals surface area (Å²) in [5.74, 6) is 0. The smallest absolute Gasteiger partial charge is 0.172 e. The zero-order chi connectivity index (χ0) is 9.42. The van der Waals surface area contributed by atoms with Crippen molar-refractivity contribution in [3.05, 3.63) is 28.2 Å². The van der Waals surface area contributed by atoms with Crippen molar-refractivity contribution in [2.75, 3.05) is 0 Å². The topological polar surface area (TPSA) is 37.3 Å². The van der Waals surface area contributed by atoms with Crippen molar-refractivity contribution in [3.63, 3.8) is 0 Å². The lowest BCUT2D eigenvalue weighted by molar-refractivity contribution is 0.112. The molecule has 13 heavy (non-hydrogen) atoms. The number of hydrogen-bond acceptors (Lipinski definition) is 3. The van der Waals surface area contributed by atoms with Gasteiger partial charge in [-0.25, -0.2) is 0 Å². The minimum absolute atomic E-state index is 0.233. The van der Waals surface area contributed by atoms with E-state index in [1.165, 1.54) is 11.3 Å². The van der Waals surface area contributed by atoms with Gasteiger partial charge < -0.3 is 5.11 Å². The minimum atomic E-state index is 0.233. The first kappa shape index (κ1) is 8.72. The maximum Gasteiger partial charge on any atom is 0.172 e. The second kappa shape index (κ2) is 3.12. The van der Waals surface area contributed by atoms with Crippen molar-refractivity contribution in [3.8, 4) is 5.06 Å². The number of fused-ring (bicyclic) bond motifs is 1. The van der Waals surface area contributed by atoms with Crippen LogP contribution in [-0.2, 0) is 0 Å². The van der Waals surface area contributed by atoms with E-state index >= 15 is 0 Å². The van der Waals surface area contributed by atoms with E-state index in [1.54, 1.807) is 6.07 Å². The number of aromatic hydroxyl groups is 1. The molecule has 0 fully saturated rings. The van der Waals surface area contributed by atoms with Crippen molar-refractivity contribution in [1.82, 2.24) is 0 Å². The molecule has 0 aliphatic carbocycles. The highest BCUT2D eigenvalue weighted by Gasteiger charge is 2.07. The fourth-order valence-corrected chi connectivity index (χ4v) is 2.47. The minimum Gasteiger partial charge on any atom is -0.499 e. The van der Waals surface area contributed by atoms with Gasteiger partial charge in [0.2, 0.25) is 0 Å². The van der Waals surface area contributed by atoms with Crippen LogP contribution >= 0.6 is 27.3 Å². The first-order valence-corrected chi connectivity index (χ1v) is 5.19. The predicted octanol–water partition coefficient (Wildman–Crippen LogP) is 3.18. The molecule has 66 valence electrons. The Balaban J connectivity index is 2.90. The average Bonchev–Trinajstić information content (AvgIpc) is 2.45. The summed E-state index contributed by atoms with van der Waals surface area (Å²) in [5, 5.41) is 10.3. The number of hydrogen-bond donors (Lipinski definition) is 1. The largest absolute Gasteiger partial charge is 0.499 e. The summed E-state index contributed by atoms with van der Waals surface area (Å²) in [6.07, 6.45) is 0.790. The molecule has 2 rings (SSSR count). The molecule has 0 saturated heterocycles. The fourth-order valence-electron chi connectivity index (χ4n) is 1.21. The quantitative estimate of drug-likeness (QED) is 0.796. The molecular formula is C9H5BrO2S. The molecule has 1 heterocycles. The first-order chi connectivity index (χ1) is 6.22. The Morgan fingerprint density at radius 3 is 2.92 bits per heavy atom. The Morgan fingerprint density at radius 1 is 1.46 bits per heavy atom. The zero-order valence-electron chi connectivity index (χ0n) is 6.45. The van der Waals surface area contributed by atoms with Crippen molar-refractivity contribution in [1.29, 1.82) is 0 Å². The number of carbonyl (C=O) groups is 1. The van der Waals surface area contributed by atoms with Crippen LogP contribution in [0.5, 0.6) is 5.06 Å². The van der Waals surface area contributed by atoms with Crippen molar-refractivity contribution >= 4 is 43.6 Å². The fraction of sp³-hybridized carbons (Fsp3) is 0. The van der Waals surface area contributed by atoms with Crippen LogP contribution in [0.1, 0.15) is 10.4 Å². The lowest BCUT2D eigenvalue weighted by Gasteiger charge is -1.96. The molecule has 4 heteroatoms. The standard InChI is InChI=1S/C9H5BrO2S/c10-7-1-2-8-5(6(7)4-11)3-9(12)13-8/h1-4,12H. The number of benzene rings is 1. The third-order valence-electron chi connectivity index (χ3n) is 1.79. The molecule has 2 nitrogen and oxygen atoms in total. The van der Waals surface area contributed by atoms with Gasteiger partial charge in [0.1, 0.15) is 0 Å². The Bertz CT molecular complexity index is 476. The van der Waals surface area contributed by atoms with Crippen LogP contribution in [-0.4, -0.2) is 11.4 Å². The lowest BCUT2D eigenvalue weighted by Crippen LogP contribution is -1.81. The van der Waals surface area contributed by atoms with Gasteiger partial charge in [-0.3, -0.25) is 4.79 Å². The van der Waals surface area contributed by atoms with Gasteiger partial charge in [0.15, 0.2) is 11.3 Å². The number of thiophene rings is 1. The molecule has 0 bridgehead atoms. The van der Waals surface area contributed by atoms with Gasteiger partial charge in [0.05, 0.1) is 0 Å². The molecular weight excluding hydrogens is 252 g/mol. The summed E-state index contributed by atoms with van der Waals surface area (Å²) in [4.78, 5) is 10.7.